The highest BCUT2D eigenvalue weighted by molar-refractivity contribution is 7.14. The molecule has 25 heavy (non-hydrogen) atoms. The molecule has 0 aliphatic heterocycles. The Labute approximate surface area is 150 Å². The van der Waals surface area contributed by atoms with Gasteiger partial charge in [-0.3, -0.25) is 10.1 Å². The summed E-state index contributed by atoms with van der Waals surface area (Å²) >= 11 is 1.39. The topological polar surface area (TPSA) is 60.5 Å². The van der Waals surface area contributed by atoms with Gasteiger partial charge in [-0.05, 0) is 12.1 Å². The number of para-hydroxylation sites is 1. The van der Waals surface area contributed by atoms with Gasteiger partial charge in [0.2, 0.25) is 0 Å². The van der Waals surface area contributed by atoms with Crippen molar-refractivity contribution in [3.05, 3.63) is 65.5 Å². The molecule has 1 heterocycles. The van der Waals surface area contributed by atoms with Crippen LogP contribution in [0.15, 0.2) is 60.0 Å². The second-order valence-corrected chi connectivity index (χ2v) is 6.05. The summed E-state index contributed by atoms with van der Waals surface area (Å²) in [7, 11) is 1.61. The van der Waals surface area contributed by atoms with Crippen LogP contribution in [0, 0.1) is 0 Å². The van der Waals surface area contributed by atoms with Crippen LogP contribution in [0.3, 0.4) is 0 Å². The van der Waals surface area contributed by atoms with Crippen LogP contribution in [-0.4, -0.2) is 31.2 Å². The van der Waals surface area contributed by atoms with Gasteiger partial charge in [0, 0.05) is 18.1 Å². The van der Waals surface area contributed by atoms with Crippen molar-refractivity contribution in [3.8, 4) is 17.0 Å². The molecule has 1 aromatic heterocycles. The van der Waals surface area contributed by atoms with Crippen LogP contribution in [0.25, 0.3) is 11.3 Å². The lowest BCUT2D eigenvalue weighted by Crippen LogP contribution is -2.14. The molecule has 3 aromatic rings. The predicted octanol–water partition coefficient (Wildman–Crippen LogP) is 4.09. The number of nitrogens with zero attached hydrogens (tertiary/aromatic N) is 1. The zero-order valence-electron chi connectivity index (χ0n) is 13.8. The second kappa shape index (κ2) is 8.41. The van der Waals surface area contributed by atoms with Gasteiger partial charge in [0.1, 0.15) is 12.4 Å². The SMILES string of the molecule is COCCOc1ccccc1C(=O)Nc1nc(-c2ccccc2)cs1. The quantitative estimate of drug-likeness (QED) is 0.649. The number of hydrogen-bond acceptors (Lipinski definition) is 5. The van der Waals surface area contributed by atoms with E-state index >= 15 is 0 Å². The van der Waals surface area contributed by atoms with Crippen molar-refractivity contribution in [1.29, 1.82) is 0 Å². The molecule has 2 aromatic carbocycles. The molecule has 1 amide bonds. The van der Waals surface area contributed by atoms with Crippen LogP contribution >= 0.6 is 11.3 Å². The molecule has 0 atom stereocenters. The maximum Gasteiger partial charge on any atom is 0.261 e. The highest BCUT2D eigenvalue weighted by Crippen LogP contribution is 2.26. The first kappa shape index (κ1) is 17.1. The van der Waals surface area contributed by atoms with E-state index in [4.69, 9.17) is 9.47 Å². The van der Waals surface area contributed by atoms with Gasteiger partial charge in [-0.25, -0.2) is 4.98 Å². The zero-order chi connectivity index (χ0) is 17.5. The van der Waals surface area contributed by atoms with Gasteiger partial charge in [0.25, 0.3) is 5.91 Å². The summed E-state index contributed by atoms with van der Waals surface area (Å²) in [6.45, 7) is 0.846. The fourth-order valence-electron chi connectivity index (χ4n) is 2.25. The number of carbonyl (C=O) groups excluding carboxylic acids is 1. The Hall–Kier alpha value is -2.70. The van der Waals surface area contributed by atoms with Crippen molar-refractivity contribution in [2.75, 3.05) is 25.6 Å². The molecule has 0 saturated carbocycles. The molecule has 5 nitrogen and oxygen atoms in total. The molecular formula is C19H18N2O3S. The molecular weight excluding hydrogens is 336 g/mol. The Morgan fingerprint density at radius 3 is 2.64 bits per heavy atom. The third-order valence-electron chi connectivity index (χ3n) is 3.47. The molecule has 0 bridgehead atoms. The molecule has 0 saturated heterocycles. The van der Waals surface area contributed by atoms with Crippen molar-refractivity contribution in [3.63, 3.8) is 0 Å². The van der Waals surface area contributed by atoms with E-state index < -0.39 is 0 Å². The van der Waals surface area contributed by atoms with E-state index in [-0.39, 0.29) is 5.91 Å². The van der Waals surface area contributed by atoms with E-state index in [2.05, 4.69) is 10.3 Å². The molecule has 0 aliphatic carbocycles. The number of ether oxygens (including phenoxy) is 2. The number of carbonyl (C=O) groups is 1. The van der Waals surface area contributed by atoms with E-state index in [1.165, 1.54) is 11.3 Å². The van der Waals surface area contributed by atoms with Gasteiger partial charge in [-0.15, -0.1) is 11.3 Å². The van der Waals surface area contributed by atoms with Crippen LogP contribution in [0.5, 0.6) is 5.75 Å². The largest absolute Gasteiger partial charge is 0.490 e. The van der Waals surface area contributed by atoms with Gasteiger partial charge < -0.3 is 9.47 Å². The summed E-state index contributed by atoms with van der Waals surface area (Å²) in [5.74, 6) is 0.277. The van der Waals surface area contributed by atoms with Crippen molar-refractivity contribution in [1.82, 2.24) is 4.98 Å². The van der Waals surface area contributed by atoms with E-state index in [0.29, 0.717) is 29.7 Å². The molecule has 0 radical (unpaired) electrons. The molecule has 3 rings (SSSR count). The third-order valence-corrected chi connectivity index (χ3v) is 4.23. The Morgan fingerprint density at radius 1 is 1.08 bits per heavy atom. The first-order valence-corrected chi connectivity index (χ1v) is 8.69. The number of hydrogen-bond donors (Lipinski definition) is 1. The Kier molecular flexibility index (Phi) is 5.77. The Balaban J connectivity index is 1.72. The number of thiazole rings is 1. The molecule has 128 valence electrons. The number of benzene rings is 2. The van der Waals surface area contributed by atoms with Crippen molar-refractivity contribution in [2.45, 2.75) is 0 Å². The summed E-state index contributed by atoms with van der Waals surface area (Å²) in [6, 6.07) is 17.0. The summed E-state index contributed by atoms with van der Waals surface area (Å²) in [4.78, 5) is 17.0. The second-order valence-electron chi connectivity index (χ2n) is 5.20. The fourth-order valence-corrected chi connectivity index (χ4v) is 2.97. The molecule has 0 fully saturated rings. The highest BCUT2D eigenvalue weighted by atomic mass is 32.1. The van der Waals surface area contributed by atoms with Crippen LogP contribution in [0.4, 0.5) is 5.13 Å². The van der Waals surface area contributed by atoms with Crippen LogP contribution in [-0.2, 0) is 4.74 Å². The monoisotopic (exact) mass is 354 g/mol. The van der Waals surface area contributed by atoms with Crippen LogP contribution in [0.1, 0.15) is 10.4 Å². The van der Waals surface area contributed by atoms with Crippen LogP contribution < -0.4 is 10.1 Å². The normalized spacial score (nSPS) is 10.4. The first-order valence-electron chi connectivity index (χ1n) is 7.81. The summed E-state index contributed by atoms with van der Waals surface area (Å²) in [5, 5.41) is 5.31. The van der Waals surface area contributed by atoms with Crippen molar-refractivity contribution in [2.24, 2.45) is 0 Å². The smallest absolute Gasteiger partial charge is 0.261 e. The van der Waals surface area contributed by atoms with Gasteiger partial charge in [0.15, 0.2) is 5.13 Å². The number of aromatic nitrogens is 1. The lowest BCUT2D eigenvalue weighted by molar-refractivity contribution is 0.101. The standard InChI is InChI=1S/C19H18N2O3S/c1-23-11-12-24-17-10-6-5-9-15(17)18(22)21-19-20-16(13-25-19)14-7-3-2-4-8-14/h2-10,13H,11-12H2,1H3,(H,20,21,22). The molecule has 6 heteroatoms. The lowest BCUT2D eigenvalue weighted by atomic mass is 10.2. The van der Waals surface area contributed by atoms with Gasteiger partial charge in [-0.1, -0.05) is 42.5 Å². The number of rotatable bonds is 7. The maximum atomic E-state index is 12.6. The third kappa shape index (κ3) is 4.43. The Morgan fingerprint density at radius 2 is 1.84 bits per heavy atom. The van der Waals surface area contributed by atoms with E-state index in [1.807, 2.05) is 41.8 Å². The Bertz CT molecular complexity index is 833. The average molecular weight is 354 g/mol. The van der Waals surface area contributed by atoms with Gasteiger partial charge in [0.05, 0.1) is 17.9 Å². The minimum absolute atomic E-state index is 0.248. The maximum absolute atomic E-state index is 12.6. The van der Waals surface area contributed by atoms with E-state index in [9.17, 15) is 4.79 Å². The van der Waals surface area contributed by atoms with Crippen molar-refractivity contribution < 1.29 is 14.3 Å². The summed E-state index contributed by atoms with van der Waals surface area (Å²) in [5.41, 5.74) is 2.32. The van der Waals surface area contributed by atoms with Gasteiger partial charge >= 0.3 is 0 Å². The van der Waals surface area contributed by atoms with E-state index in [1.54, 1.807) is 25.3 Å². The highest BCUT2D eigenvalue weighted by Gasteiger charge is 2.14. The number of methoxy groups -OCH3 is 1. The fraction of sp³-hybridized carbons (Fsp3) is 0.158. The molecule has 1 N–H and O–H groups in total. The van der Waals surface area contributed by atoms with Gasteiger partial charge in [-0.2, -0.15) is 0 Å². The molecule has 0 unspecified atom stereocenters. The number of nitrogens with one attached hydrogen (secondary N) is 1. The number of anilines is 1. The van der Waals surface area contributed by atoms with Crippen molar-refractivity contribution >= 4 is 22.4 Å². The minimum Gasteiger partial charge on any atom is -0.490 e. The summed E-state index contributed by atoms with van der Waals surface area (Å²) < 4.78 is 10.6. The lowest BCUT2D eigenvalue weighted by Gasteiger charge is -2.10. The predicted molar refractivity (Wildman–Crippen MR) is 99.3 cm³/mol. The number of amides is 1. The molecule has 0 aliphatic rings. The molecule has 0 spiro atoms. The average Bonchev–Trinajstić information content (AvgIpc) is 3.11. The van der Waals surface area contributed by atoms with Crippen LogP contribution in [0.2, 0.25) is 0 Å². The summed E-state index contributed by atoms with van der Waals surface area (Å²) in [6.07, 6.45) is 0. The minimum atomic E-state index is -0.248. The zero-order valence-corrected chi connectivity index (χ0v) is 14.6. The first-order chi connectivity index (χ1) is 12.3. The van der Waals surface area contributed by atoms with E-state index in [0.717, 1.165) is 11.3 Å².